The zero-order chi connectivity index (χ0) is 19.7. The van der Waals surface area contributed by atoms with E-state index in [1.165, 1.54) is 5.56 Å². The molecule has 3 rings (SSSR count). The summed E-state index contributed by atoms with van der Waals surface area (Å²) in [4.78, 5) is 0. The molecule has 3 nitrogen and oxygen atoms in total. The first-order valence-corrected chi connectivity index (χ1v) is 9.23. The highest BCUT2D eigenvalue weighted by Crippen LogP contribution is 2.14. The normalized spacial score (nSPS) is 10.7. The molecule has 1 unspecified atom stereocenters. The van der Waals surface area contributed by atoms with Gasteiger partial charge in [-0.1, -0.05) is 97.9 Å². The molecule has 3 aromatic rings. The fourth-order valence-corrected chi connectivity index (χ4v) is 2.27. The molecule has 0 aromatic heterocycles. The standard InChI is InChI=1S/C9H12O.C8H10O.C7H8O/c1-2-9(10)8-6-4-3-5-7-8;9-7-6-8-4-2-1-3-5-8;8-6-7-4-2-1-3-5-7/h3-7,9-10H,2H2,1H3;1-5,9H,6-7H2;1-5,8H,6H2. The van der Waals surface area contributed by atoms with Crippen molar-refractivity contribution in [2.24, 2.45) is 0 Å². The van der Waals surface area contributed by atoms with Crippen molar-refractivity contribution in [1.82, 2.24) is 0 Å². The molecule has 3 N–H and O–H groups in total. The summed E-state index contributed by atoms with van der Waals surface area (Å²) in [5.41, 5.74) is 3.16. The Labute approximate surface area is 162 Å². The maximum Gasteiger partial charge on any atom is 0.0787 e. The summed E-state index contributed by atoms with van der Waals surface area (Å²) in [6, 6.07) is 29.2. The molecule has 1 atom stereocenters. The summed E-state index contributed by atoms with van der Waals surface area (Å²) in [6.07, 6.45) is 1.26. The Morgan fingerprint density at radius 3 is 1.48 bits per heavy atom. The van der Waals surface area contributed by atoms with E-state index in [1.807, 2.05) is 97.9 Å². The number of hydrogen-bond acceptors (Lipinski definition) is 3. The lowest BCUT2D eigenvalue weighted by atomic mass is 10.1. The van der Waals surface area contributed by atoms with Crippen molar-refractivity contribution < 1.29 is 15.3 Å². The van der Waals surface area contributed by atoms with Crippen LogP contribution >= 0.6 is 0 Å². The van der Waals surface area contributed by atoms with Gasteiger partial charge < -0.3 is 15.3 Å². The Morgan fingerprint density at radius 1 is 0.667 bits per heavy atom. The summed E-state index contributed by atoms with van der Waals surface area (Å²) in [5.74, 6) is 0. The van der Waals surface area contributed by atoms with E-state index < -0.39 is 0 Å². The van der Waals surface area contributed by atoms with Crippen LogP contribution in [-0.2, 0) is 13.0 Å². The van der Waals surface area contributed by atoms with Crippen molar-refractivity contribution >= 4 is 0 Å². The lowest BCUT2D eigenvalue weighted by Crippen LogP contribution is -1.93. The third-order valence-corrected chi connectivity index (χ3v) is 3.84. The van der Waals surface area contributed by atoms with Crippen LogP contribution in [0.2, 0.25) is 0 Å². The number of aliphatic hydroxyl groups excluding tert-OH is 3. The summed E-state index contributed by atoms with van der Waals surface area (Å²) in [5, 5.41) is 26.4. The van der Waals surface area contributed by atoms with Gasteiger partial charge >= 0.3 is 0 Å². The molecule has 0 spiro atoms. The molecule has 0 saturated heterocycles. The van der Waals surface area contributed by atoms with Crippen LogP contribution in [0.25, 0.3) is 0 Å². The first-order chi connectivity index (χ1) is 13.2. The molecule has 0 saturated carbocycles. The van der Waals surface area contributed by atoms with Gasteiger partial charge in [0.1, 0.15) is 0 Å². The molecule has 27 heavy (non-hydrogen) atoms. The van der Waals surface area contributed by atoms with Crippen LogP contribution in [0, 0.1) is 0 Å². The van der Waals surface area contributed by atoms with Crippen molar-refractivity contribution in [2.75, 3.05) is 6.61 Å². The predicted molar refractivity (Wildman–Crippen MR) is 111 cm³/mol. The van der Waals surface area contributed by atoms with Gasteiger partial charge in [0.15, 0.2) is 0 Å². The molecular weight excluding hydrogens is 336 g/mol. The maximum absolute atomic E-state index is 9.33. The SMILES string of the molecule is CCC(O)c1ccccc1.OCCc1ccccc1.OCc1ccccc1. The molecule has 3 heteroatoms. The largest absolute Gasteiger partial charge is 0.396 e. The van der Waals surface area contributed by atoms with Gasteiger partial charge in [-0.05, 0) is 29.5 Å². The van der Waals surface area contributed by atoms with E-state index in [9.17, 15) is 5.11 Å². The van der Waals surface area contributed by atoms with Gasteiger partial charge in [0, 0.05) is 6.61 Å². The molecule has 0 fully saturated rings. The van der Waals surface area contributed by atoms with Crippen molar-refractivity contribution in [2.45, 2.75) is 32.5 Å². The van der Waals surface area contributed by atoms with Crippen LogP contribution in [0.5, 0.6) is 0 Å². The molecule has 3 aromatic carbocycles. The topological polar surface area (TPSA) is 60.7 Å². The molecule has 0 bridgehead atoms. The highest BCUT2D eigenvalue weighted by Gasteiger charge is 2.00. The average molecular weight is 367 g/mol. The predicted octanol–water partition coefficient (Wildman–Crippen LogP) is 4.53. The first-order valence-electron chi connectivity index (χ1n) is 9.23. The summed E-state index contributed by atoms with van der Waals surface area (Å²) in [6.45, 7) is 2.35. The number of benzene rings is 3. The first kappa shape index (κ1) is 22.6. The van der Waals surface area contributed by atoms with Gasteiger partial charge in [-0.25, -0.2) is 0 Å². The van der Waals surface area contributed by atoms with Gasteiger partial charge in [-0.3, -0.25) is 0 Å². The third-order valence-electron chi connectivity index (χ3n) is 3.84. The van der Waals surface area contributed by atoms with Gasteiger partial charge in [0.2, 0.25) is 0 Å². The summed E-state index contributed by atoms with van der Waals surface area (Å²) >= 11 is 0. The van der Waals surface area contributed by atoms with Crippen LogP contribution in [-0.4, -0.2) is 21.9 Å². The molecule has 0 aliphatic heterocycles. The number of rotatable bonds is 5. The van der Waals surface area contributed by atoms with Gasteiger partial charge in [0.05, 0.1) is 12.7 Å². The lowest BCUT2D eigenvalue weighted by Gasteiger charge is -2.05. The molecule has 0 aliphatic rings. The highest BCUT2D eigenvalue weighted by molar-refractivity contribution is 5.17. The Morgan fingerprint density at radius 2 is 1.11 bits per heavy atom. The van der Waals surface area contributed by atoms with Crippen LogP contribution in [0.4, 0.5) is 0 Å². The van der Waals surface area contributed by atoms with E-state index in [1.54, 1.807) is 0 Å². The molecule has 0 radical (unpaired) electrons. The summed E-state index contributed by atoms with van der Waals surface area (Å²) < 4.78 is 0. The third kappa shape index (κ3) is 10.3. The Balaban J connectivity index is 0.000000204. The van der Waals surface area contributed by atoms with Crippen LogP contribution in [0.1, 0.15) is 36.1 Å². The minimum atomic E-state index is -0.291. The van der Waals surface area contributed by atoms with Gasteiger partial charge in [0.25, 0.3) is 0 Å². The van der Waals surface area contributed by atoms with Crippen molar-refractivity contribution in [3.63, 3.8) is 0 Å². The average Bonchev–Trinajstić information content (AvgIpc) is 2.76. The van der Waals surface area contributed by atoms with Crippen LogP contribution < -0.4 is 0 Å². The minimum Gasteiger partial charge on any atom is -0.396 e. The summed E-state index contributed by atoms with van der Waals surface area (Å²) in [7, 11) is 0. The van der Waals surface area contributed by atoms with Crippen molar-refractivity contribution in [3.8, 4) is 0 Å². The molecule has 0 amide bonds. The minimum absolute atomic E-state index is 0.140. The second kappa shape index (κ2) is 14.7. The maximum atomic E-state index is 9.33. The molecule has 144 valence electrons. The zero-order valence-electron chi connectivity index (χ0n) is 15.9. The van der Waals surface area contributed by atoms with Crippen molar-refractivity contribution in [3.05, 3.63) is 108 Å². The molecular formula is C24H30O3. The highest BCUT2D eigenvalue weighted by atomic mass is 16.3. The molecule has 0 heterocycles. The van der Waals surface area contributed by atoms with E-state index in [4.69, 9.17) is 10.2 Å². The second-order valence-corrected chi connectivity index (χ2v) is 5.94. The smallest absolute Gasteiger partial charge is 0.0787 e. The zero-order valence-corrected chi connectivity index (χ0v) is 15.9. The number of hydrogen-bond donors (Lipinski definition) is 3. The van der Waals surface area contributed by atoms with Crippen LogP contribution in [0.3, 0.4) is 0 Å². The Hall–Kier alpha value is -2.46. The fraction of sp³-hybridized carbons (Fsp3) is 0.250. The van der Waals surface area contributed by atoms with E-state index in [2.05, 4.69) is 0 Å². The Kier molecular flexibility index (Phi) is 12.3. The van der Waals surface area contributed by atoms with Gasteiger partial charge in [-0.2, -0.15) is 0 Å². The number of aliphatic hydroxyl groups is 3. The molecule has 0 aliphatic carbocycles. The monoisotopic (exact) mass is 366 g/mol. The lowest BCUT2D eigenvalue weighted by molar-refractivity contribution is 0.173. The van der Waals surface area contributed by atoms with E-state index in [-0.39, 0.29) is 19.3 Å². The van der Waals surface area contributed by atoms with Crippen molar-refractivity contribution in [1.29, 1.82) is 0 Å². The quantitative estimate of drug-likeness (QED) is 0.622. The fourth-order valence-electron chi connectivity index (χ4n) is 2.27. The second-order valence-electron chi connectivity index (χ2n) is 5.94. The van der Waals surface area contributed by atoms with Gasteiger partial charge in [-0.15, -0.1) is 0 Å². The Bertz CT molecular complexity index is 685. The van der Waals surface area contributed by atoms with Crippen LogP contribution in [0.15, 0.2) is 91.0 Å². The van der Waals surface area contributed by atoms with E-state index in [0.717, 1.165) is 24.0 Å². The van der Waals surface area contributed by atoms with E-state index in [0.29, 0.717) is 0 Å². The van der Waals surface area contributed by atoms with E-state index >= 15 is 0 Å².